The molecule has 1 fully saturated rings. The first-order valence-electron chi connectivity index (χ1n) is 9.11. The molecule has 0 radical (unpaired) electrons. The number of hydrogen-bond donors (Lipinski definition) is 0. The molecule has 1 atom stereocenters. The van der Waals surface area contributed by atoms with Crippen LogP contribution < -0.4 is 9.47 Å². The van der Waals surface area contributed by atoms with Crippen LogP contribution in [0.25, 0.3) is 0 Å². The van der Waals surface area contributed by atoms with Crippen LogP contribution in [0, 0.1) is 5.82 Å². The van der Waals surface area contributed by atoms with Gasteiger partial charge in [0.15, 0.2) is 23.1 Å². The van der Waals surface area contributed by atoms with Gasteiger partial charge in [-0.05, 0) is 36.6 Å². The number of nitrogens with zero attached hydrogens (tertiary/aromatic N) is 1. The minimum Gasteiger partial charge on any atom is -0.486 e. The number of carbonyl (C=O) groups excluding carboxylic acids is 1. The molecule has 2 heterocycles. The van der Waals surface area contributed by atoms with Crippen LogP contribution in [0.5, 0.6) is 11.5 Å². The number of Topliss-reactive ketones (excluding diaryl/α,β-unsaturated/α-hetero) is 1. The predicted octanol–water partition coefficient (Wildman–Crippen LogP) is 3.66. The number of fused-ring (bicyclic) bond motifs is 1. The molecule has 2 aromatic carbocycles. The van der Waals surface area contributed by atoms with Gasteiger partial charge in [0, 0.05) is 19.5 Å². The first kappa shape index (κ1) is 17.0. The molecule has 2 aromatic rings. The van der Waals surface area contributed by atoms with Crippen LogP contribution in [0.1, 0.15) is 34.7 Å². The highest BCUT2D eigenvalue weighted by atomic mass is 19.1. The molecule has 0 spiro atoms. The van der Waals surface area contributed by atoms with Crippen molar-refractivity contribution in [3.05, 3.63) is 59.4 Å². The lowest BCUT2D eigenvalue weighted by Crippen LogP contribution is -2.24. The smallest absolute Gasteiger partial charge is 0.197 e. The maximum absolute atomic E-state index is 14.5. The molecule has 5 heteroatoms. The van der Waals surface area contributed by atoms with E-state index in [1.165, 1.54) is 11.6 Å². The Labute approximate surface area is 152 Å². The van der Waals surface area contributed by atoms with Crippen LogP contribution in [0.15, 0.2) is 42.5 Å². The van der Waals surface area contributed by atoms with Crippen molar-refractivity contribution in [1.29, 1.82) is 0 Å². The van der Waals surface area contributed by atoms with Crippen molar-refractivity contribution in [2.75, 3.05) is 32.8 Å². The average molecular weight is 355 g/mol. The van der Waals surface area contributed by atoms with Gasteiger partial charge < -0.3 is 14.4 Å². The van der Waals surface area contributed by atoms with E-state index in [1.54, 1.807) is 6.07 Å². The Morgan fingerprint density at radius 2 is 1.92 bits per heavy atom. The van der Waals surface area contributed by atoms with Gasteiger partial charge in [0.1, 0.15) is 13.2 Å². The van der Waals surface area contributed by atoms with Gasteiger partial charge in [0.2, 0.25) is 0 Å². The van der Waals surface area contributed by atoms with Crippen LogP contribution in [0.3, 0.4) is 0 Å². The molecular weight excluding hydrogens is 333 g/mol. The van der Waals surface area contributed by atoms with Crippen molar-refractivity contribution in [3.63, 3.8) is 0 Å². The van der Waals surface area contributed by atoms with E-state index >= 15 is 0 Å². The maximum atomic E-state index is 14.5. The summed E-state index contributed by atoms with van der Waals surface area (Å²) < 4.78 is 25.2. The highest BCUT2D eigenvalue weighted by molar-refractivity contribution is 5.97. The van der Waals surface area contributed by atoms with Gasteiger partial charge in [-0.25, -0.2) is 4.39 Å². The topological polar surface area (TPSA) is 38.8 Å². The van der Waals surface area contributed by atoms with Crippen molar-refractivity contribution >= 4 is 5.78 Å². The Hall–Kier alpha value is -2.40. The van der Waals surface area contributed by atoms with E-state index in [0.29, 0.717) is 37.8 Å². The molecule has 26 heavy (non-hydrogen) atoms. The predicted molar refractivity (Wildman–Crippen MR) is 96.6 cm³/mol. The van der Waals surface area contributed by atoms with Gasteiger partial charge in [0.25, 0.3) is 0 Å². The van der Waals surface area contributed by atoms with Gasteiger partial charge >= 0.3 is 0 Å². The maximum Gasteiger partial charge on any atom is 0.197 e. The van der Waals surface area contributed by atoms with Crippen molar-refractivity contribution in [1.82, 2.24) is 4.90 Å². The van der Waals surface area contributed by atoms with Crippen LogP contribution in [-0.2, 0) is 0 Å². The molecule has 0 amide bonds. The summed E-state index contributed by atoms with van der Waals surface area (Å²) in [5, 5.41) is 0. The van der Waals surface area contributed by atoms with Gasteiger partial charge in [0.05, 0.1) is 5.56 Å². The fraction of sp³-hybridized carbons (Fsp3) is 0.381. The Morgan fingerprint density at radius 1 is 1.12 bits per heavy atom. The van der Waals surface area contributed by atoms with Crippen molar-refractivity contribution in [3.8, 4) is 11.5 Å². The van der Waals surface area contributed by atoms with Crippen LogP contribution >= 0.6 is 0 Å². The first-order valence-corrected chi connectivity index (χ1v) is 9.11. The minimum atomic E-state index is -0.601. The van der Waals surface area contributed by atoms with Crippen LogP contribution in [0.2, 0.25) is 0 Å². The first-order chi connectivity index (χ1) is 12.7. The normalized spacial score (nSPS) is 19.5. The second-order valence-electron chi connectivity index (χ2n) is 6.82. The third-order valence-electron chi connectivity index (χ3n) is 5.15. The zero-order chi connectivity index (χ0) is 17.9. The minimum absolute atomic E-state index is 0.0624. The Balaban J connectivity index is 1.36. The number of ketones is 1. The largest absolute Gasteiger partial charge is 0.486 e. The molecule has 2 aliphatic heterocycles. The van der Waals surface area contributed by atoms with E-state index in [1.807, 2.05) is 6.07 Å². The molecule has 1 unspecified atom stereocenters. The van der Waals surface area contributed by atoms with E-state index in [0.717, 1.165) is 19.5 Å². The van der Waals surface area contributed by atoms with Crippen molar-refractivity contribution in [2.45, 2.75) is 18.8 Å². The third kappa shape index (κ3) is 3.44. The van der Waals surface area contributed by atoms with Gasteiger partial charge in [-0.15, -0.1) is 0 Å². The zero-order valence-corrected chi connectivity index (χ0v) is 14.6. The molecule has 0 aromatic heterocycles. The number of halogens is 1. The fourth-order valence-electron chi connectivity index (χ4n) is 3.72. The zero-order valence-electron chi connectivity index (χ0n) is 14.6. The molecule has 1 saturated heterocycles. The summed E-state index contributed by atoms with van der Waals surface area (Å²) >= 11 is 0. The SMILES string of the molecule is O=C(CCN1CCC(c2ccccc2)C1)c1ccc2c(c1F)OCCO2. The van der Waals surface area contributed by atoms with Crippen LogP contribution in [0.4, 0.5) is 4.39 Å². The third-order valence-corrected chi connectivity index (χ3v) is 5.15. The summed E-state index contributed by atoms with van der Waals surface area (Å²) in [4.78, 5) is 14.8. The lowest BCUT2D eigenvalue weighted by molar-refractivity contribution is 0.0961. The molecule has 0 bridgehead atoms. The number of carbonyl (C=O) groups is 1. The standard InChI is InChI=1S/C21H22FNO3/c22-20-17(6-7-19-21(20)26-13-12-25-19)18(24)9-11-23-10-8-16(14-23)15-4-2-1-3-5-15/h1-7,16H,8-14H2. The Bertz CT molecular complexity index is 793. The number of hydrogen-bond acceptors (Lipinski definition) is 4. The molecule has 0 N–H and O–H groups in total. The fourth-order valence-corrected chi connectivity index (χ4v) is 3.72. The summed E-state index contributed by atoms with van der Waals surface area (Å²) in [5.74, 6) is 0.152. The second kappa shape index (κ2) is 7.46. The highest BCUT2D eigenvalue weighted by Crippen LogP contribution is 2.35. The van der Waals surface area contributed by atoms with Crippen molar-refractivity contribution in [2.24, 2.45) is 0 Å². The summed E-state index contributed by atoms with van der Waals surface area (Å²) in [6, 6.07) is 13.6. The van der Waals surface area contributed by atoms with Gasteiger partial charge in [-0.1, -0.05) is 30.3 Å². The summed E-state index contributed by atoms with van der Waals surface area (Å²) in [6.45, 7) is 3.26. The van der Waals surface area contributed by atoms with E-state index in [2.05, 4.69) is 29.2 Å². The monoisotopic (exact) mass is 355 g/mol. The lowest BCUT2D eigenvalue weighted by atomic mass is 9.99. The summed E-state index contributed by atoms with van der Waals surface area (Å²) in [6.07, 6.45) is 1.40. The van der Waals surface area contributed by atoms with E-state index in [-0.39, 0.29) is 17.1 Å². The second-order valence-corrected chi connectivity index (χ2v) is 6.82. The number of likely N-dealkylation sites (tertiary alicyclic amines) is 1. The van der Waals surface area contributed by atoms with Crippen molar-refractivity contribution < 1.29 is 18.7 Å². The quantitative estimate of drug-likeness (QED) is 0.768. The lowest BCUT2D eigenvalue weighted by Gasteiger charge is -2.20. The summed E-state index contributed by atoms with van der Waals surface area (Å²) in [5.41, 5.74) is 1.44. The molecule has 2 aliphatic rings. The summed E-state index contributed by atoms with van der Waals surface area (Å²) in [7, 11) is 0. The molecule has 0 saturated carbocycles. The highest BCUT2D eigenvalue weighted by Gasteiger charge is 2.26. The molecule has 136 valence electrons. The molecule has 4 nitrogen and oxygen atoms in total. The van der Waals surface area contributed by atoms with Gasteiger partial charge in [-0.2, -0.15) is 0 Å². The van der Waals surface area contributed by atoms with E-state index in [4.69, 9.17) is 9.47 Å². The van der Waals surface area contributed by atoms with E-state index in [9.17, 15) is 9.18 Å². The molecule has 4 rings (SSSR count). The van der Waals surface area contributed by atoms with Crippen LogP contribution in [-0.4, -0.2) is 43.5 Å². The Morgan fingerprint density at radius 3 is 2.77 bits per heavy atom. The molecular formula is C21H22FNO3. The van der Waals surface area contributed by atoms with E-state index < -0.39 is 5.82 Å². The van der Waals surface area contributed by atoms with Gasteiger partial charge in [-0.3, -0.25) is 4.79 Å². The number of rotatable bonds is 5. The average Bonchev–Trinajstić information content (AvgIpc) is 3.16. The molecule has 0 aliphatic carbocycles. The number of benzene rings is 2. The Kier molecular flexibility index (Phi) is 4.89. The number of ether oxygens (including phenoxy) is 2.